The van der Waals surface area contributed by atoms with E-state index in [4.69, 9.17) is 0 Å². The third-order valence-electron chi connectivity index (χ3n) is 4.80. The first-order valence-corrected chi connectivity index (χ1v) is 10.1. The van der Waals surface area contributed by atoms with Crippen LogP contribution in [0.2, 0.25) is 0 Å². The molecule has 0 unspecified atom stereocenters. The molecule has 0 bridgehead atoms. The molecule has 0 spiro atoms. The molecule has 2 aromatic rings. The Balaban J connectivity index is 1.53. The molecule has 1 amide bonds. The normalized spacial score (nSPS) is 14.6. The number of anilines is 1. The lowest BCUT2D eigenvalue weighted by molar-refractivity contribution is 0.0953. The summed E-state index contributed by atoms with van der Waals surface area (Å²) < 4.78 is 0. The molecule has 0 saturated carbocycles. The molecule has 2 N–H and O–H groups in total. The summed E-state index contributed by atoms with van der Waals surface area (Å²) >= 11 is 0. The van der Waals surface area contributed by atoms with Crippen LogP contribution in [0.1, 0.15) is 29.3 Å². The summed E-state index contributed by atoms with van der Waals surface area (Å²) in [6.45, 7) is 6.72. The van der Waals surface area contributed by atoms with Gasteiger partial charge in [0.2, 0.25) is 5.95 Å². The van der Waals surface area contributed by atoms with Crippen molar-refractivity contribution in [2.75, 3.05) is 44.7 Å². The van der Waals surface area contributed by atoms with Gasteiger partial charge in [-0.05, 0) is 30.2 Å². The molecule has 154 valence electrons. The molecular weight excluding hydrogens is 366 g/mol. The highest BCUT2D eigenvalue weighted by Crippen LogP contribution is 2.10. The fraction of sp³-hybridized carbons (Fsp3) is 0.429. The van der Waals surface area contributed by atoms with Gasteiger partial charge in [0.1, 0.15) is 0 Å². The molecule has 29 heavy (non-hydrogen) atoms. The smallest absolute Gasteiger partial charge is 0.251 e. The highest BCUT2D eigenvalue weighted by atomic mass is 16.1. The van der Waals surface area contributed by atoms with Crippen LogP contribution in [-0.4, -0.2) is 66.5 Å². The second kappa shape index (κ2) is 10.4. The molecule has 1 fully saturated rings. The minimum atomic E-state index is -0.0302. The molecule has 8 heteroatoms. The van der Waals surface area contributed by atoms with Crippen LogP contribution in [0, 0.1) is 0 Å². The van der Waals surface area contributed by atoms with E-state index >= 15 is 0 Å². The van der Waals surface area contributed by atoms with Crippen LogP contribution in [-0.2, 0) is 6.54 Å². The van der Waals surface area contributed by atoms with Gasteiger partial charge in [-0.3, -0.25) is 9.79 Å². The predicted octanol–water partition coefficient (Wildman–Crippen LogP) is 1.51. The molecule has 1 aromatic carbocycles. The van der Waals surface area contributed by atoms with E-state index in [9.17, 15) is 4.79 Å². The minimum absolute atomic E-state index is 0.0302. The van der Waals surface area contributed by atoms with Gasteiger partial charge in [0.15, 0.2) is 5.96 Å². The zero-order chi connectivity index (χ0) is 20.5. The van der Waals surface area contributed by atoms with Gasteiger partial charge in [-0.15, -0.1) is 0 Å². The van der Waals surface area contributed by atoms with Crippen LogP contribution in [0.15, 0.2) is 47.7 Å². The maximum atomic E-state index is 12.2. The Morgan fingerprint density at radius 2 is 1.86 bits per heavy atom. The van der Waals surface area contributed by atoms with Crippen molar-refractivity contribution in [2.45, 2.75) is 19.9 Å². The molecule has 1 aliphatic heterocycles. The molecule has 0 radical (unpaired) electrons. The zero-order valence-corrected chi connectivity index (χ0v) is 17.1. The summed E-state index contributed by atoms with van der Waals surface area (Å²) in [6.07, 6.45) is 4.46. The third kappa shape index (κ3) is 5.66. The number of carbonyl (C=O) groups excluding carboxylic acids is 1. The molecule has 8 nitrogen and oxygen atoms in total. The predicted molar refractivity (Wildman–Crippen MR) is 115 cm³/mol. The monoisotopic (exact) mass is 395 g/mol. The molecule has 2 heterocycles. The third-order valence-corrected chi connectivity index (χ3v) is 4.80. The Bertz CT molecular complexity index is 817. The first-order valence-electron chi connectivity index (χ1n) is 10.1. The highest BCUT2D eigenvalue weighted by molar-refractivity contribution is 5.94. The number of piperazine rings is 1. The summed E-state index contributed by atoms with van der Waals surface area (Å²) in [5, 5.41) is 6.33. The zero-order valence-electron chi connectivity index (χ0n) is 17.1. The number of nitrogens with zero attached hydrogens (tertiary/aromatic N) is 5. The van der Waals surface area contributed by atoms with Gasteiger partial charge in [-0.1, -0.05) is 19.1 Å². The largest absolute Gasteiger partial charge is 0.352 e. The topological polar surface area (TPSA) is 85.8 Å². The first kappa shape index (κ1) is 20.6. The van der Waals surface area contributed by atoms with Crippen LogP contribution in [0.3, 0.4) is 0 Å². The van der Waals surface area contributed by atoms with E-state index in [-0.39, 0.29) is 5.91 Å². The Hall–Kier alpha value is -3.16. The second-order valence-electron chi connectivity index (χ2n) is 6.88. The Morgan fingerprint density at radius 1 is 1.10 bits per heavy atom. The van der Waals surface area contributed by atoms with E-state index in [1.165, 1.54) is 0 Å². The van der Waals surface area contributed by atoms with Crippen LogP contribution in [0.4, 0.5) is 5.95 Å². The quantitative estimate of drug-likeness (QED) is 0.570. The van der Waals surface area contributed by atoms with Crippen LogP contribution < -0.4 is 15.5 Å². The standard InChI is InChI=1S/C21H29N7O/c1-3-8-23-19(29)18-7-4-6-17(15-18)16-26-20(22-2)27-11-13-28(14-12-27)21-24-9-5-10-25-21/h4-7,9-10,15H,3,8,11-14,16H2,1-2H3,(H,22,26)(H,23,29). The number of rotatable bonds is 6. The maximum absolute atomic E-state index is 12.2. The average Bonchev–Trinajstić information content (AvgIpc) is 2.79. The van der Waals surface area contributed by atoms with Crippen molar-refractivity contribution in [3.63, 3.8) is 0 Å². The van der Waals surface area contributed by atoms with Crippen molar-refractivity contribution in [2.24, 2.45) is 4.99 Å². The van der Waals surface area contributed by atoms with E-state index in [0.29, 0.717) is 18.7 Å². The fourth-order valence-corrected chi connectivity index (χ4v) is 3.25. The minimum Gasteiger partial charge on any atom is -0.352 e. The summed E-state index contributed by atoms with van der Waals surface area (Å²) in [6, 6.07) is 9.53. The van der Waals surface area contributed by atoms with Gasteiger partial charge in [0, 0.05) is 64.3 Å². The van der Waals surface area contributed by atoms with E-state index in [1.54, 1.807) is 19.4 Å². The number of hydrogen-bond donors (Lipinski definition) is 2. The highest BCUT2D eigenvalue weighted by Gasteiger charge is 2.21. The van der Waals surface area contributed by atoms with Crippen LogP contribution in [0.5, 0.6) is 0 Å². The lowest BCUT2D eigenvalue weighted by Gasteiger charge is -2.36. The van der Waals surface area contributed by atoms with Crippen molar-refractivity contribution in [1.82, 2.24) is 25.5 Å². The molecular formula is C21H29N7O. The van der Waals surface area contributed by atoms with Gasteiger partial charge >= 0.3 is 0 Å². The van der Waals surface area contributed by atoms with E-state index in [2.05, 4.69) is 35.4 Å². The van der Waals surface area contributed by atoms with Gasteiger partial charge in [-0.2, -0.15) is 0 Å². The molecule has 1 saturated heterocycles. The van der Waals surface area contributed by atoms with Gasteiger partial charge < -0.3 is 20.4 Å². The number of nitrogens with one attached hydrogen (secondary N) is 2. The van der Waals surface area contributed by atoms with Gasteiger partial charge in [0.05, 0.1) is 0 Å². The van der Waals surface area contributed by atoms with Crippen LogP contribution in [0.25, 0.3) is 0 Å². The van der Waals surface area contributed by atoms with E-state index in [0.717, 1.165) is 50.1 Å². The number of aromatic nitrogens is 2. The van der Waals surface area contributed by atoms with Crippen molar-refractivity contribution < 1.29 is 4.79 Å². The Morgan fingerprint density at radius 3 is 2.55 bits per heavy atom. The number of carbonyl (C=O) groups is 1. The maximum Gasteiger partial charge on any atom is 0.251 e. The summed E-state index contributed by atoms with van der Waals surface area (Å²) in [7, 11) is 1.80. The van der Waals surface area contributed by atoms with Crippen molar-refractivity contribution >= 4 is 17.8 Å². The molecule has 0 aliphatic carbocycles. The number of aliphatic imine (C=N–C) groups is 1. The van der Waals surface area contributed by atoms with Crippen LogP contribution >= 0.6 is 0 Å². The lowest BCUT2D eigenvalue weighted by atomic mass is 10.1. The lowest BCUT2D eigenvalue weighted by Crippen LogP contribution is -2.52. The average molecular weight is 396 g/mol. The Kier molecular flexibility index (Phi) is 7.38. The van der Waals surface area contributed by atoms with E-state index < -0.39 is 0 Å². The molecule has 0 atom stereocenters. The number of amides is 1. The molecule has 1 aliphatic rings. The molecule has 1 aromatic heterocycles. The number of guanidine groups is 1. The summed E-state index contributed by atoms with van der Waals surface area (Å²) in [5.41, 5.74) is 1.73. The SMILES string of the molecule is CCCNC(=O)c1cccc(CNC(=NC)N2CCN(c3ncccn3)CC2)c1. The van der Waals surface area contributed by atoms with Crippen molar-refractivity contribution in [1.29, 1.82) is 0 Å². The number of benzene rings is 1. The molecule has 3 rings (SSSR count). The Labute approximate surface area is 172 Å². The summed E-state index contributed by atoms with van der Waals surface area (Å²) in [5.74, 6) is 1.60. The summed E-state index contributed by atoms with van der Waals surface area (Å²) in [4.78, 5) is 29.7. The van der Waals surface area contributed by atoms with E-state index in [1.807, 2.05) is 37.3 Å². The first-order chi connectivity index (χ1) is 14.2. The second-order valence-corrected chi connectivity index (χ2v) is 6.88. The van der Waals surface area contributed by atoms with Gasteiger partial charge in [-0.25, -0.2) is 9.97 Å². The van der Waals surface area contributed by atoms with Gasteiger partial charge in [0.25, 0.3) is 5.91 Å². The van der Waals surface area contributed by atoms with Crippen molar-refractivity contribution in [3.8, 4) is 0 Å². The fourth-order valence-electron chi connectivity index (χ4n) is 3.25. The van der Waals surface area contributed by atoms with Crippen molar-refractivity contribution in [3.05, 3.63) is 53.9 Å². The number of hydrogen-bond acceptors (Lipinski definition) is 5.